The van der Waals surface area contributed by atoms with Crippen molar-refractivity contribution in [2.75, 3.05) is 0 Å². The number of thiophene rings is 1. The molecule has 0 saturated heterocycles. The van der Waals surface area contributed by atoms with E-state index in [2.05, 4.69) is 46.6 Å². The number of benzene rings is 1. The van der Waals surface area contributed by atoms with Crippen LogP contribution < -0.4 is 0 Å². The van der Waals surface area contributed by atoms with Crippen molar-refractivity contribution in [2.24, 2.45) is 0 Å². The van der Waals surface area contributed by atoms with Gasteiger partial charge in [-0.25, -0.2) is 0 Å². The summed E-state index contributed by atoms with van der Waals surface area (Å²) in [6.45, 7) is 0.851. The van der Waals surface area contributed by atoms with Gasteiger partial charge in [-0.1, -0.05) is 18.2 Å². The van der Waals surface area contributed by atoms with Gasteiger partial charge in [0, 0.05) is 35.6 Å². The van der Waals surface area contributed by atoms with Crippen LogP contribution in [0.5, 0.6) is 0 Å². The quantitative estimate of drug-likeness (QED) is 0.630. The van der Waals surface area contributed by atoms with Crippen LogP contribution >= 0.6 is 11.3 Å². The van der Waals surface area contributed by atoms with E-state index in [1.165, 1.54) is 21.2 Å². The molecule has 0 amide bonds. The lowest BCUT2D eigenvalue weighted by molar-refractivity contribution is 0.0982. The van der Waals surface area contributed by atoms with Gasteiger partial charge in [0.1, 0.15) is 0 Å². The standard InChI is InChI=1S/C18H17NOS/c20-17-7-3-1-5-13-9-19(11-16(13)17)10-14-12-21-18-8-4-2-6-15(14)18/h2,4,6,8-9,11-12H,1,3,5,7,10H2. The topological polar surface area (TPSA) is 22.0 Å². The van der Waals surface area contributed by atoms with E-state index in [-0.39, 0.29) is 0 Å². The largest absolute Gasteiger partial charge is 0.349 e. The second-order valence-corrected chi connectivity index (χ2v) is 6.67. The Bertz CT molecular complexity index is 812. The summed E-state index contributed by atoms with van der Waals surface area (Å²) in [6.07, 6.45) is 8.13. The smallest absolute Gasteiger partial charge is 0.164 e. The number of carbonyl (C=O) groups is 1. The third-order valence-electron chi connectivity index (χ3n) is 4.28. The summed E-state index contributed by atoms with van der Waals surface area (Å²) in [4.78, 5) is 12.1. The van der Waals surface area contributed by atoms with E-state index in [0.29, 0.717) is 12.2 Å². The van der Waals surface area contributed by atoms with E-state index in [4.69, 9.17) is 0 Å². The molecule has 0 radical (unpaired) electrons. The molecule has 0 atom stereocenters. The molecule has 3 heteroatoms. The van der Waals surface area contributed by atoms with Crippen LogP contribution in [0.4, 0.5) is 0 Å². The minimum absolute atomic E-state index is 0.316. The van der Waals surface area contributed by atoms with Gasteiger partial charge in [-0.05, 0) is 47.2 Å². The number of nitrogens with zero attached hydrogens (tertiary/aromatic N) is 1. The van der Waals surface area contributed by atoms with E-state index < -0.39 is 0 Å². The maximum absolute atomic E-state index is 12.1. The van der Waals surface area contributed by atoms with Gasteiger partial charge in [-0.15, -0.1) is 11.3 Å². The molecule has 0 saturated carbocycles. The van der Waals surface area contributed by atoms with Crippen molar-refractivity contribution in [1.82, 2.24) is 4.57 Å². The van der Waals surface area contributed by atoms with Gasteiger partial charge in [0.05, 0.1) is 0 Å². The number of hydrogen-bond donors (Lipinski definition) is 0. The van der Waals surface area contributed by atoms with Crippen LogP contribution in [0.15, 0.2) is 42.0 Å². The minimum Gasteiger partial charge on any atom is -0.349 e. The lowest BCUT2D eigenvalue weighted by Crippen LogP contribution is -1.98. The third-order valence-corrected chi connectivity index (χ3v) is 5.29. The molecule has 2 aromatic heterocycles. The summed E-state index contributed by atoms with van der Waals surface area (Å²) in [5, 5.41) is 3.57. The zero-order valence-electron chi connectivity index (χ0n) is 11.8. The summed E-state index contributed by atoms with van der Waals surface area (Å²) in [5.74, 6) is 0.316. The van der Waals surface area contributed by atoms with E-state index in [1.807, 2.05) is 0 Å². The molecule has 2 nitrogen and oxygen atoms in total. The molecule has 0 bridgehead atoms. The number of fused-ring (bicyclic) bond motifs is 2. The first kappa shape index (κ1) is 12.8. The van der Waals surface area contributed by atoms with E-state index in [0.717, 1.165) is 31.4 Å². The maximum Gasteiger partial charge on any atom is 0.164 e. The molecular formula is C18H17NOS. The van der Waals surface area contributed by atoms with Crippen molar-refractivity contribution in [1.29, 1.82) is 0 Å². The highest BCUT2D eigenvalue weighted by Gasteiger charge is 2.18. The second-order valence-electron chi connectivity index (χ2n) is 5.76. The summed E-state index contributed by atoms with van der Waals surface area (Å²) in [7, 11) is 0. The monoisotopic (exact) mass is 295 g/mol. The van der Waals surface area contributed by atoms with Crippen molar-refractivity contribution in [3.8, 4) is 0 Å². The van der Waals surface area contributed by atoms with Gasteiger partial charge in [0.2, 0.25) is 0 Å². The van der Waals surface area contributed by atoms with Crippen LogP contribution in [0.2, 0.25) is 0 Å². The molecule has 1 aliphatic carbocycles. The highest BCUT2D eigenvalue weighted by Crippen LogP contribution is 2.27. The zero-order chi connectivity index (χ0) is 14.2. The van der Waals surface area contributed by atoms with Crippen molar-refractivity contribution in [3.63, 3.8) is 0 Å². The third kappa shape index (κ3) is 2.32. The van der Waals surface area contributed by atoms with Crippen molar-refractivity contribution < 1.29 is 4.79 Å². The van der Waals surface area contributed by atoms with Crippen LogP contribution in [-0.2, 0) is 13.0 Å². The van der Waals surface area contributed by atoms with Crippen LogP contribution in [-0.4, -0.2) is 10.4 Å². The Hall–Kier alpha value is -1.87. The molecule has 21 heavy (non-hydrogen) atoms. The van der Waals surface area contributed by atoms with Crippen molar-refractivity contribution in [3.05, 3.63) is 58.7 Å². The molecule has 0 aliphatic heterocycles. The number of ketones is 1. The molecule has 106 valence electrons. The Labute approximate surface area is 128 Å². The SMILES string of the molecule is O=C1CCCCc2cn(Cc3csc4ccccc34)cc21. The minimum atomic E-state index is 0.316. The molecule has 3 aromatic rings. The average molecular weight is 295 g/mol. The number of aryl methyl sites for hydroxylation is 1. The molecule has 1 aliphatic rings. The fraction of sp³-hybridized carbons (Fsp3) is 0.278. The summed E-state index contributed by atoms with van der Waals surface area (Å²) < 4.78 is 3.51. The van der Waals surface area contributed by atoms with Crippen molar-refractivity contribution in [2.45, 2.75) is 32.2 Å². The summed E-state index contributed by atoms with van der Waals surface area (Å²) in [5.41, 5.74) is 3.53. The molecule has 0 fully saturated rings. The van der Waals surface area contributed by atoms with Gasteiger partial charge in [-0.3, -0.25) is 4.79 Å². The van der Waals surface area contributed by atoms with Crippen molar-refractivity contribution >= 4 is 27.2 Å². The number of Topliss-reactive ketones (excluding diaryl/α,β-unsaturated/α-hetero) is 1. The molecule has 0 unspecified atom stereocenters. The summed E-state index contributed by atoms with van der Waals surface area (Å²) in [6, 6.07) is 8.52. The number of aromatic nitrogens is 1. The Morgan fingerprint density at radius 1 is 1.10 bits per heavy atom. The van der Waals surface area contributed by atoms with E-state index in [9.17, 15) is 4.79 Å². The van der Waals surface area contributed by atoms with Crippen LogP contribution in [0.3, 0.4) is 0 Å². The first-order valence-electron chi connectivity index (χ1n) is 7.48. The van der Waals surface area contributed by atoms with Gasteiger partial charge >= 0.3 is 0 Å². The molecule has 0 spiro atoms. The van der Waals surface area contributed by atoms with E-state index >= 15 is 0 Å². The Morgan fingerprint density at radius 3 is 2.90 bits per heavy atom. The number of rotatable bonds is 2. The van der Waals surface area contributed by atoms with Gasteiger partial charge < -0.3 is 4.57 Å². The number of hydrogen-bond acceptors (Lipinski definition) is 2. The molecule has 2 heterocycles. The van der Waals surface area contributed by atoms with E-state index in [1.54, 1.807) is 11.3 Å². The average Bonchev–Trinajstić information content (AvgIpc) is 3.05. The van der Waals surface area contributed by atoms with Gasteiger partial charge in [0.25, 0.3) is 0 Å². The molecule has 0 N–H and O–H groups in total. The zero-order valence-corrected chi connectivity index (χ0v) is 12.7. The van der Waals surface area contributed by atoms with Crippen LogP contribution in [0.25, 0.3) is 10.1 Å². The lowest BCUT2D eigenvalue weighted by Gasteiger charge is -2.02. The fourth-order valence-corrected chi connectivity index (χ4v) is 4.14. The molecule has 1 aromatic carbocycles. The normalized spacial score (nSPS) is 15.1. The predicted molar refractivity (Wildman–Crippen MR) is 87.2 cm³/mol. The van der Waals surface area contributed by atoms with Crippen LogP contribution in [0, 0.1) is 0 Å². The van der Waals surface area contributed by atoms with Gasteiger partial charge in [-0.2, -0.15) is 0 Å². The first-order chi connectivity index (χ1) is 10.3. The Morgan fingerprint density at radius 2 is 1.95 bits per heavy atom. The molecule has 4 rings (SSSR count). The lowest BCUT2D eigenvalue weighted by atomic mass is 10.1. The van der Waals surface area contributed by atoms with Crippen LogP contribution in [0.1, 0.15) is 40.7 Å². The van der Waals surface area contributed by atoms with Gasteiger partial charge in [0.15, 0.2) is 5.78 Å². The fourth-order valence-electron chi connectivity index (χ4n) is 3.18. The Balaban J connectivity index is 1.69. The second kappa shape index (κ2) is 5.15. The first-order valence-corrected chi connectivity index (χ1v) is 8.36. The highest BCUT2D eigenvalue weighted by molar-refractivity contribution is 7.17. The Kier molecular flexibility index (Phi) is 3.15. The highest BCUT2D eigenvalue weighted by atomic mass is 32.1. The predicted octanol–water partition coefficient (Wildman–Crippen LogP) is 4.66. The number of carbonyl (C=O) groups excluding carboxylic acids is 1. The molecular weight excluding hydrogens is 278 g/mol. The summed E-state index contributed by atoms with van der Waals surface area (Å²) >= 11 is 1.79. The maximum atomic E-state index is 12.1.